The number of nitrogens with one attached hydrogen (secondary N) is 1. The molecule has 0 saturated carbocycles. The van der Waals surface area contributed by atoms with Crippen LogP contribution in [-0.2, 0) is 16.0 Å². The van der Waals surface area contributed by atoms with Crippen LogP contribution in [0.1, 0.15) is 21.6 Å². The van der Waals surface area contributed by atoms with E-state index in [4.69, 9.17) is 27.9 Å². The average molecular weight is 550 g/mol. The van der Waals surface area contributed by atoms with Gasteiger partial charge in [0.15, 0.2) is 0 Å². The molecule has 5 rings (SSSR count). The van der Waals surface area contributed by atoms with Gasteiger partial charge < -0.3 is 19.5 Å². The van der Waals surface area contributed by atoms with Crippen LogP contribution in [0.2, 0.25) is 10.2 Å². The second-order valence-corrected chi connectivity index (χ2v) is 10.1. The molecule has 2 aliphatic rings. The molecule has 0 radical (unpaired) electrons. The van der Waals surface area contributed by atoms with E-state index in [1.165, 1.54) is 24.4 Å². The van der Waals surface area contributed by atoms with Crippen molar-refractivity contribution >= 4 is 40.5 Å². The van der Waals surface area contributed by atoms with E-state index in [-0.39, 0.29) is 39.7 Å². The van der Waals surface area contributed by atoms with Gasteiger partial charge >= 0.3 is 0 Å². The van der Waals surface area contributed by atoms with Crippen molar-refractivity contribution in [2.45, 2.75) is 12.5 Å². The quantitative estimate of drug-likeness (QED) is 0.539. The summed E-state index contributed by atoms with van der Waals surface area (Å²) in [6, 6.07) is 5.51. The Morgan fingerprint density at radius 2 is 1.84 bits per heavy atom. The molecule has 12 heteroatoms. The van der Waals surface area contributed by atoms with Gasteiger partial charge in [-0.15, -0.1) is 0 Å². The van der Waals surface area contributed by atoms with Crippen LogP contribution < -0.4 is 5.56 Å². The lowest BCUT2D eigenvalue weighted by Gasteiger charge is -2.39. The first-order valence-electron chi connectivity index (χ1n) is 12.0. The molecule has 196 valence electrons. The van der Waals surface area contributed by atoms with Crippen LogP contribution in [0, 0.1) is 5.82 Å². The molecule has 1 unspecified atom stereocenters. The Hall–Kier alpha value is -2.92. The number of nitrogens with zero attached hydrogens (tertiary/aromatic N) is 4. The minimum absolute atomic E-state index is 0.0153. The standard InChI is InChI=1S/C25H26Cl2FN5O4/c1-30-8-9-37-14-21(30)25(36)32-6-4-31(5-7-32)24(35)17-11-15(2-3-19(17)28)10-16-13-29-23(34)20-12-18(26)22(27)33(16)20/h2-3,11-13,21H,4-10,14H2,1H3,(H,29,34). The van der Waals surface area contributed by atoms with Crippen LogP contribution in [0.15, 0.2) is 35.3 Å². The molecule has 9 nitrogen and oxygen atoms in total. The highest BCUT2D eigenvalue weighted by Crippen LogP contribution is 2.27. The third-order valence-electron chi connectivity index (χ3n) is 6.99. The number of benzene rings is 1. The van der Waals surface area contributed by atoms with Gasteiger partial charge in [0.25, 0.3) is 11.5 Å². The number of morpholine rings is 1. The number of rotatable bonds is 4. The lowest BCUT2D eigenvalue weighted by molar-refractivity contribution is -0.143. The molecule has 0 aliphatic carbocycles. The van der Waals surface area contributed by atoms with Crippen molar-refractivity contribution in [1.29, 1.82) is 0 Å². The van der Waals surface area contributed by atoms with E-state index < -0.39 is 11.7 Å². The number of ether oxygens (including phenoxy) is 1. The molecule has 1 N–H and O–H groups in total. The van der Waals surface area contributed by atoms with Gasteiger partial charge in [0.05, 0.1) is 23.8 Å². The number of carbonyl (C=O) groups is 2. The molecule has 2 saturated heterocycles. The molecular formula is C25H26Cl2FN5O4. The summed E-state index contributed by atoms with van der Waals surface area (Å²) in [5.41, 5.74) is 1.19. The highest BCUT2D eigenvalue weighted by molar-refractivity contribution is 6.42. The number of carbonyl (C=O) groups excluding carboxylic acids is 2. The van der Waals surface area contributed by atoms with Crippen molar-refractivity contribution in [3.8, 4) is 0 Å². The average Bonchev–Trinajstić information content (AvgIpc) is 3.21. The van der Waals surface area contributed by atoms with Crippen molar-refractivity contribution in [3.05, 3.63) is 73.6 Å². The van der Waals surface area contributed by atoms with Gasteiger partial charge in [-0.2, -0.15) is 0 Å². The van der Waals surface area contributed by atoms with Crippen molar-refractivity contribution in [1.82, 2.24) is 24.1 Å². The largest absolute Gasteiger partial charge is 0.378 e. The third kappa shape index (κ3) is 4.98. The second-order valence-electron chi connectivity index (χ2n) is 9.29. The zero-order valence-electron chi connectivity index (χ0n) is 20.2. The van der Waals surface area contributed by atoms with E-state index in [0.29, 0.717) is 62.7 Å². The minimum atomic E-state index is -0.623. The Labute approximate surface area is 222 Å². The van der Waals surface area contributed by atoms with Crippen LogP contribution in [0.25, 0.3) is 5.52 Å². The molecule has 2 fully saturated rings. The Kier molecular flexibility index (Phi) is 7.26. The third-order valence-corrected chi connectivity index (χ3v) is 7.75. The lowest BCUT2D eigenvalue weighted by Crippen LogP contribution is -2.58. The Bertz CT molecular complexity index is 1420. The van der Waals surface area contributed by atoms with E-state index in [0.717, 1.165) is 0 Å². The fourth-order valence-corrected chi connectivity index (χ4v) is 5.28. The molecule has 2 aromatic heterocycles. The number of hydrogen-bond donors (Lipinski definition) is 1. The number of hydrogen-bond acceptors (Lipinski definition) is 5. The molecule has 4 heterocycles. The van der Waals surface area contributed by atoms with Crippen molar-refractivity contribution in [2.24, 2.45) is 0 Å². The molecule has 1 aromatic carbocycles. The SMILES string of the molecule is CN1CCOCC1C(=O)N1CCN(C(=O)c2cc(Cc3c[nH]c(=O)c4cc(Cl)c(Cl)n34)ccc2F)CC1. The van der Waals surface area contributed by atoms with Gasteiger partial charge in [-0.25, -0.2) is 4.39 Å². The maximum atomic E-state index is 14.8. The molecule has 0 bridgehead atoms. The number of piperazine rings is 1. The van der Waals surface area contributed by atoms with Crippen LogP contribution in [-0.4, -0.2) is 94.9 Å². The first-order chi connectivity index (χ1) is 17.7. The molecule has 3 aromatic rings. The highest BCUT2D eigenvalue weighted by atomic mass is 35.5. The Balaban J connectivity index is 1.30. The van der Waals surface area contributed by atoms with Crippen LogP contribution in [0.3, 0.4) is 0 Å². The van der Waals surface area contributed by atoms with Gasteiger partial charge in [0.2, 0.25) is 5.91 Å². The molecule has 37 heavy (non-hydrogen) atoms. The van der Waals surface area contributed by atoms with Gasteiger partial charge in [-0.1, -0.05) is 29.3 Å². The summed E-state index contributed by atoms with van der Waals surface area (Å²) in [7, 11) is 1.90. The summed E-state index contributed by atoms with van der Waals surface area (Å²) in [4.78, 5) is 46.2. The zero-order chi connectivity index (χ0) is 26.3. The van der Waals surface area contributed by atoms with Crippen LogP contribution in [0.5, 0.6) is 0 Å². The molecular weight excluding hydrogens is 524 g/mol. The van der Waals surface area contributed by atoms with Gasteiger partial charge in [-0.3, -0.25) is 23.7 Å². The van der Waals surface area contributed by atoms with Crippen LogP contribution >= 0.6 is 23.2 Å². The number of halogens is 3. The van der Waals surface area contributed by atoms with E-state index in [9.17, 15) is 18.8 Å². The monoisotopic (exact) mass is 549 g/mol. The summed E-state index contributed by atoms with van der Waals surface area (Å²) in [6.07, 6.45) is 1.80. The maximum Gasteiger partial charge on any atom is 0.272 e. The molecule has 2 aliphatic heterocycles. The summed E-state index contributed by atoms with van der Waals surface area (Å²) in [5, 5.41) is 0.449. The highest BCUT2D eigenvalue weighted by Gasteiger charge is 2.33. The predicted octanol–water partition coefficient (Wildman–Crippen LogP) is 2.28. The number of aromatic amines is 1. The zero-order valence-corrected chi connectivity index (χ0v) is 21.7. The lowest BCUT2D eigenvalue weighted by atomic mass is 10.0. The van der Waals surface area contributed by atoms with E-state index >= 15 is 0 Å². The number of aromatic nitrogens is 2. The summed E-state index contributed by atoms with van der Waals surface area (Å²) < 4.78 is 21.8. The Morgan fingerprint density at radius 3 is 2.57 bits per heavy atom. The summed E-state index contributed by atoms with van der Waals surface area (Å²) in [5.74, 6) is -1.07. The first-order valence-corrected chi connectivity index (χ1v) is 12.7. The van der Waals surface area contributed by atoms with E-state index in [1.807, 2.05) is 11.9 Å². The number of fused-ring (bicyclic) bond motifs is 1. The second kappa shape index (κ2) is 10.4. The molecule has 0 spiro atoms. The Morgan fingerprint density at radius 1 is 1.11 bits per heavy atom. The van der Waals surface area contributed by atoms with Gasteiger partial charge in [0, 0.05) is 51.0 Å². The normalized spacial score (nSPS) is 19.0. The predicted molar refractivity (Wildman–Crippen MR) is 137 cm³/mol. The fourth-order valence-electron chi connectivity index (χ4n) is 4.83. The fraction of sp³-hybridized carbons (Fsp3) is 0.400. The van der Waals surface area contributed by atoms with Crippen LogP contribution in [0.4, 0.5) is 4.39 Å². The van der Waals surface area contributed by atoms with E-state index in [2.05, 4.69) is 4.98 Å². The summed E-state index contributed by atoms with van der Waals surface area (Å²) >= 11 is 12.4. The molecule has 1 atom stereocenters. The number of likely N-dealkylation sites (N-methyl/N-ethyl adjacent to an activating group) is 1. The topological polar surface area (TPSA) is 90.4 Å². The van der Waals surface area contributed by atoms with Gasteiger partial charge in [-0.05, 0) is 30.8 Å². The van der Waals surface area contributed by atoms with Crippen molar-refractivity contribution in [2.75, 3.05) is 53.0 Å². The smallest absolute Gasteiger partial charge is 0.272 e. The van der Waals surface area contributed by atoms with Gasteiger partial charge in [0.1, 0.15) is 22.5 Å². The summed E-state index contributed by atoms with van der Waals surface area (Å²) in [6.45, 7) is 3.02. The van der Waals surface area contributed by atoms with E-state index in [1.54, 1.807) is 20.3 Å². The molecule has 2 amide bonds. The number of H-pyrrole nitrogens is 1. The minimum Gasteiger partial charge on any atom is -0.378 e. The first kappa shape index (κ1) is 25.7. The number of amides is 2. The maximum absolute atomic E-state index is 14.8. The van der Waals surface area contributed by atoms with Crippen molar-refractivity contribution < 1.29 is 18.7 Å². The van der Waals surface area contributed by atoms with Crippen molar-refractivity contribution in [3.63, 3.8) is 0 Å².